The first-order chi connectivity index (χ1) is 9.42. The van der Waals surface area contributed by atoms with Crippen LogP contribution in [0.1, 0.15) is 32.1 Å². The fourth-order valence-corrected chi connectivity index (χ4v) is 2.75. The van der Waals surface area contributed by atoms with E-state index >= 15 is 0 Å². The molecule has 0 radical (unpaired) electrons. The van der Waals surface area contributed by atoms with Crippen LogP contribution in [-0.2, 0) is 28.7 Å². The lowest BCUT2D eigenvalue weighted by molar-refractivity contribution is -0.165. The first kappa shape index (κ1) is 15.9. The number of hydrogen-bond donors (Lipinski definition) is 2. The van der Waals surface area contributed by atoms with Gasteiger partial charge in [0.15, 0.2) is 0 Å². The third-order valence-corrected chi connectivity index (χ3v) is 3.52. The Morgan fingerprint density at radius 1 is 1.05 bits per heavy atom. The summed E-state index contributed by atoms with van der Waals surface area (Å²) in [6.45, 7) is 0.413. The Bertz CT molecular complexity index is 375. The monoisotopic (exact) mass is 288 g/mol. The molecule has 0 aromatic rings. The van der Waals surface area contributed by atoms with Gasteiger partial charge in [0.1, 0.15) is 12.2 Å². The molecular formula is C12H16O8. The summed E-state index contributed by atoms with van der Waals surface area (Å²) >= 11 is 0. The first-order valence-electron chi connectivity index (χ1n) is 6.04. The Morgan fingerprint density at radius 3 is 2.00 bits per heavy atom. The predicted molar refractivity (Wildman–Crippen MR) is 62.7 cm³/mol. The summed E-state index contributed by atoms with van der Waals surface area (Å²) in [6, 6.07) is 0. The van der Waals surface area contributed by atoms with Crippen LogP contribution in [0.5, 0.6) is 0 Å². The van der Waals surface area contributed by atoms with Gasteiger partial charge >= 0.3 is 11.9 Å². The van der Waals surface area contributed by atoms with Gasteiger partial charge in [-0.1, -0.05) is 0 Å². The largest absolute Gasteiger partial charge is 0.481 e. The minimum atomic E-state index is -1.12. The molecule has 1 fully saturated rings. The van der Waals surface area contributed by atoms with Crippen LogP contribution in [0, 0.1) is 5.41 Å². The number of carboxylic acids is 2. The molecule has 1 rings (SSSR count). The molecule has 0 heterocycles. The lowest BCUT2D eigenvalue weighted by Gasteiger charge is -2.41. The van der Waals surface area contributed by atoms with Crippen LogP contribution in [0.4, 0.5) is 0 Å². The van der Waals surface area contributed by atoms with Gasteiger partial charge in [-0.3, -0.25) is 19.2 Å². The number of ether oxygens (including phenoxy) is 2. The zero-order valence-electron chi connectivity index (χ0n) is 10.7. The molecule has 0 aromatic carbocycles. The Labute approximate surface area is 114 Å². The van der Waals surface area contributed by atoms with Crippen LogP contribution in [0.25, 0.3) is 0 Å². The number of carbonyl (C=O) groups is 4. The number of carboxylic acid groups (broad SMARTS) is 2. The van der Waals surface area contributed by atoms with E-state index in [-0.39, 0.29) is 45.0 Å². The van der Waals surface area contributed by atoms with Crippen molar-refractivity contribution < 1.29 is 38.9 Å². The maximum atomic E-state index is 10.9. The van der Waals surface area contributed by atoms with Crippen LogP contribution in [0.2, 0.25) is 0 Å². The smallest absolute Gasteiger partial charge is 0.303 e. The summed E-state index contributed by atoms with van der Waals surface area (Å²) in [7, 11) is 0. The van der Waals surface area contributed by atoms with E-state index in [1.54, 1.807) is 0 Å². The molecule has 0 aliphatic heterocycles. The second-order valence-corrected chi connectivity index (χ2v) is 4.93. The molecule has 8 heteroatoms. The average molecular weight is 288 g/mol. The minimum Gasteiger partial charge on any atom is -0.481 e. The fraction of sp³-hybridized carbons (Fsp3) is 0.667. The van der Waals surface area contributed by atoms with E-state index in [0.717, 1.165) is 0 Å². The molecule has 2 N–H and O–H groups in total. The van der Waals surface area contributed by atoms with E-state index in [9.17, 15) is 19.2 Å². The number of carbonyl (C=O) groups excluding carboxylic acids is 2. The van der Waals surface area contributed by atoms with Gasteiger partial charge in [0.2, 0.25) is 0 Å². The lowest BCUT2D eigenvalue weighted by atomic mass is 9.67. The van der Waals surface area contributed by atoms with Crippen molar-refractivity contribution in [3.8, 4) is 0 Å². The van der Waals surface area contributed by atoms with Crippen molar-refractivity contribution in [2.75, 3.05) is 0 Å². The van der Waals surface area contributed by atoms with Crippen molar-refractivity contribution in [2.45, 2.75) is 44.3 Å². The normalized spacial score (nSPS) is 24.4. The van der Waals surface area contributed by atoms with Crippen molar-refractivity contribution in [3.63, 3.8) is 0 Å². The van der Waals surface area contributed by atoms with Crippen molar-refractivity contribution in [1.82, 2.24) is 0 Å². The first-order valence-corrected chi connectivity index (χ1v) is 6.04. The zero-order chi connectivity index (χ0) is 15.2. The van der Waals surface area contributed by atoms with Crippen molar-refractivity contribution in [2.24, 2.45) is 5.41 Å². The summed E-state index contributed by atoms with van der Waals surface area (Å²) < 4.78 is 9.61. The summed E-state index contributed by atoms with van der Waals surface area (Å²) in [5, 5.41) is 17.9. The maximum Gasteiger partial charge on any atom is 0.303 e. The molecule has 2 atom stereocenters. The van der Waals surface area contributed by atoms with Crippen LogP contribution >= 0.6 is 0 Å². The number of hydrogen-bond acceptors (Lipinski definition) is 6. The van der Waals surface area contributed by atoms with E-state index in [1.807, 2.05) is 0 Å². The molecule has 2 unspecified atom stereocenters. The van der Waals surface area contributed by atoms with Crippen molar-refractivity contribution in [3.05, 3.63) is 0 Å². The van der Waals surface area contributed by atoms with Gasteiger partial charge in [0.25, 0.3) is 12.9 Å². The topological polar surface area (TPSA) is 127 Å². The molecule has 0 saturated heterocycles. The van der Waals surface area contributed by atoms with E-state index < -0.39 is 29.6 Å². The molecule has 8 nitrogen and oxygen atoms in total. The lowest BCUT2D eigenvalue weighted by Crippen LogP contribution is -2.44. The molecule has 0 amide bonds. The molecule has 1 aliphatic carbocycles. The highest BCUT2D eigenvalue weighted by molar-refractivity contribution is 5.72. The molecule has 112 valence electrons. The quantitative estimate of drug-likeness (QED) is 0.606. The van der Waals surface area contributed by atoms with E-state index in [1.165, 1.54) is 0 Å². The van der Waals surface area contributed by atoms with Crippen LogP contribution in [-0.4, -0.2) is 47.3 Å². The van der Waals surface area contributed by atoms with Crippen LogP contribution in [0.3, 0.4) is 0 Å². The Morgan fingerprint density at radius 2 is 1.55 bits per heavy atom. The second kappa shape index (κ2) is 6.88. The summed E-state index contributed by atoms with van der Waals surface area (Å²) in [6.07, 6.45) is -1.64. The number of rotatable bonds is 8. The number of aliphatic carboxylic acids is 2. The third-order valence-electron chi connectivity index (χ3n) is 3.52. The van der Waals surface area contributed by atoms with Crippen molar-refractivity contribution >= 4 is 24.9 Å². The van der Waals surface area contributed by atoms with Gasteiger partial charge in [0.05, 0.1) is 12.8 Å². The summed E-state index contributed by atoms with van der Waals surface area (Å²) in [5.74, 6) is -2.24. The van der Waals surface area contributed by atoms with Gasteiger partial charge in [-0.25, -0.2) is 0 Å². The molecule has 1 aliphatic rings. The highest BCUT2D eigenvalue weighted by Crippen LogP contribution is 2.44. The second-order valence-electron chi connectivity index (χ2n) is 4.93. The van der Waals surface area contributed by atoms with Gasteiger partial charge in [0, 0.05) is 0 Å². The zero-order valence-corrected chi connectivity index (χ0v) is 10.7. The SMILES string of the molecule is O=COC1CCC(CC(=O)O)(CC(=O)O)CC1OC=O. The van der Waals surface area contributed by atoms with Gasteiger partial charge in [-0.05, 0) is 24.7 Å². The Kier molecular flexibility index (Phi) is 5.48. The molecule has 0 aromatic heterocycles. The molecule has 20 heavy (non-hydrogen) atoms. The van der Waals surface area contributed by atoms with Crippen LogP contribution in [0.15, 0.2) is 0 Å². The molecule has 0 bridgehead atoms. The highest BCUT2D eigenvalue weighted by Gasteiger charge is 2.45. The van der Waals surface area contributed by atoms with Gasteiger partial charge in [-0.15, -0.1) is 0 Å². The average Bonchev–Trinajstić information content (AvgIpc) is 2.31. The summed E-state index contributed by atoms with van der Waals surface area (Å²) in [4.78, 5) is 42.7. The molecule has 0 spiro atoms. The van der Waals surface area contributed by atoms with Crippen molar-refractivity contribution in [1.29, 1.82) is 0 Å². The van der Waals surface area contributed by atoms with E-state index in [2.05, 4.69) is 0 Å². The Balaban J connectivity index is 2.90. The fourth-order valence-electron chi connectivity index (χ4n) is 2.75. The van der Waals surface area contributed by atoms with E-state index in [4.69, 9.17) is 19.7 Å². The standard InChI is InChI=1S/C12H16O8/c13-6-19-8-1-2-12(4-10(15)16,5-11(17)18)3-9(8)20-7-14/h6-9H,1-5H2,(H,15,16)(H,17,18). The molecule has 1 saturated carbocycles. The van der Waals surface area contributed by atoms with Crippen LogP contribution < -0.4 is 0 Å². The van der Waals surface area contributed by atoms with Gasteiger partial charge < -0.3 is 19.7 Å². The minimum absolute atomic E-state index is 0.0306. The van der Waals surface area contributed by atoms with Gasteiger partial charge in [-0.2, -0.15) is 0 Å². The highest BCUT2D eigenvalue weighted by atomic mass is 16.6. The Hall–Kier alpha value is -2.12. The van der Waals surface area contributed by atoms with E-state index in [0.29, 0.717) is 0 Å². The predicted octanol–water partition coefficient (Wildman–Crippen LogP) is 0.189. The summed E-state index contributed by atoms with van der Waals surface area (Å²) in [5.41, 5.74) is -1.01. The third kappa shape index (κ3) is 4.22. The molecular weight excluding hydrogens is 272 g/mol. The maximum absolute atomic E-state index is 10.9.